The number of carbonyl (C=O) groups is 2. The Balaban J connectivity index is 1.82. The number of hydrogen-bond donors (Lipinski definition) is 2. The first-order chi connectivity index (χ1) is 12.6. The van der Waals surface area contributed by atoms with E-state index in [1.165, 1.54) is 10.8 Å². The lowest BCUT2D eigenvalue weighted by Crippen LogP contribution is -2.38. The van der Waals surface area contributed by atoms with E-state index in [0.29, 0.717) is 25.2 Å². The summed E-state index contributed by atoms with van der Waals surface area (Å²) in [6.45, 7) is 4.17. The van der Waals surface area contributed by atoms with E-state index in [-0.39, 0.29) is 11.9 Å². The summed E-state index contributed by atoms with van der Waals surface area (Å²) in [5.41, 5.74) is 1.06. The molecule has 4 heteroatoms. The van der Waals surface area contributed by atoms with Gasteiger partial charge < -0.3 is 10.6 Å². The van der Waals surface area contributed by atoms with Crippen molar-refractivity contribution in [2.24, 2.45) is 0 Å². The molecule has 1 amide bonds. The first-order valence-electron chi connectivity index (χ1n) is 9.60. The van der Waals surface area contributed by atoms with Gasteiger partial charge in [-0.25, -0.2) is 0 Å². The normalized spacial score (nSPS) is 11.9. The van der Waals surface area contributed by atoms with Crippen molar-refractivity contribution in [2.75, 3.05) is 11.9 Å². The van der Waals surface area contributed by atoms with Gasteiger partial charge in [0.25, 0.3) is 0 Å². The quantitative estimate of drug-likeness (QED) is 0.576. The van der Waals surface area contributed by atoms with Crippen molar-refractivity contribution in [3.63, 3.8) is 0 Å². The third-order valence-electron chi connectivity index (χ3n) is 4.61. The number of unbranched alkanes of at least 4 members (excludes halogenated alkanes) is 2. The second kappa shape index (κ2) is 10.6. The summed E-state index contributed by atoms with van der Waals surface area (Å²) in [5.74, 6) is 0.331. The van der Waals surface area contributed by atoms with Gasteiger partial charge in [0.2, 0.25) is 5.91 Å². The van der Waals surface area contributed by atoms with Gasteiger partial charge in [-0.3, -0.25) is 9.59 Å². The maximum atomic E-state index is 11.5. The van der Waals surface area contributed by atoms with Gasteiger partial charge in [-0.1, -0.05) is 50.1 Å². The molecule has 140 valence electrons. The molecule has 0 aliphatic heterocycles. The summed E-state index contributed by atoms with van der Waals surface area (Å²) in [7, 11) is 0. The van der Waals surface area contributed by atoms with Crippen molar-refractivity contribution in [3.8, 4) is 0 Å². The average Bonchev–Trinajstić information content (AvgIpc) is 2.64. The first-order valence-corrected chi connectivity index (χ1v) is 9.60. The molecule has 0 radical (unpaired) electrons. The molecular weight excluding hydrogens is 324 g/mol. The van der Waals surface area contributed by atoms with Crippen molar-refractivity contribution < 1.29 is 9.59 Å². The monoisotopic (exact) mass is 354 g/mol. The van der Waals surface area contributed by atoms with E-state index >= 15 is 0 Å². The number of hydrogen-bond acceptors (Lipinski definition) is 3. The van der Waals surface area contributed by atoms with Crippen LogP contribution in [0.4, 0.5) is 5.69 Å². The predicted molar refractivity (Wildman–Crippen MR) is 108 cm³/mol. The standard InChI is InChI=1S/C22H30N2O2/c1-3-22(26)12-6-4-5-11-21(24-17(2)25)16-23-20-14-13-18-9-7-8-10-19(18)15-20/h7-10,13-15,21,23H,3-6,11-12,16H2,1-2H3,(H,24,25). The van der Waals surface area contributed by atoms with Crippen molar-refractivity contribution in [1.29, 1.82) is 0 Å². The highest BCUT2D eigenvalue weighted by molar-refractivity contribution is 5.85. The van der Waals surface area contributed by atoms with Crippen LogP contribution in [0.1, 0.15) is 52.4 Å². The van der Waals surface area contributed by atoms with Gasteiger partial charge in [-0.05, 0) is 35.7 Å². The molecule has 1 atom stereocenters. The minimum Gasteiger partial charge on any atom is -0.383 e. The molecule has 0 heterocycles. The Hall–Kier alpha value is -2.36. The SMILES string of the molecule is CCC(=O)CCCCCC(CNc1ccc2ccccc2c1)NC(C)=O. The van der Waals surface area contributed by atoms with Crippen LogP contribution in [0.5, 0.6) is 0 Å². The molecule has 2 aromatic carbocycles. The Kier molecular flexibility index (Phi) is 8.13. The lowest BCUT2D eigenvalue weighted by atomic mass is 10.0. The molecule has 2 N–H and O–H groups in total. The van der Waals surface area contributed by atoms with Gasteiger partial charge in [-0.15, -0.1) is 0 Å². The van der Waals surface area contributed by atoms with E-state index in [0.717, 1.165) is 31.4 Å². The maximum Gasteiger partial charge on any atom is 0.217 e. The van der Waals surface area contributed by atoms with E-state index in [9.17, 15) is 9.59 Å². The number of carbonyl (C=O) groups excluding carboxylic acids is 2. The van der Waals surface area contributed by atoms with Crippen LogP contribution in [-0.4, -0.2) is 24.3 Å². The van der Waals surface area contributed by atoms with E-state index in [1.54, 1.807) is 6.92 Å². The lowest BCUT2D eigenvalue weighted by molar-refractivity contribution is -0.120. The highest BCUT2D eigenvalue weighted by Gasteiger charge is 2.10. The van der Waals surface area contributed by atoms with Gasteiger partial charge in [0.15, 0.2) is 0 Å². The van der Waals surface area contributed by atoms with Gasteiger partial charge >= 0.3 is 0 Å². The summed E-state index contributed by atoms with van der Waals surface area (Å²) in [6.07, 6.45) is 5.21. The van der Waals surface area contributed by atoms with Crippen LogP contribution in [0.25, 0.3) is 10.8 Å². The third-order valence-corrected chi connectivity index (χ3v) is 4.61. The van der Waals surface area contributed by atoms with E-state index in [2.05, 4.69) is 41.0 Å². The molecule has 0 saturated carbocycles. The predicted octanol–water partition coefficient (Wildman–Crippen LogP) is 4.69. The van der Waals surface area contributed by atoms with Crippen LogP contribution in [0, 0.1) is 0 Å². The van der Waals surface area contributed by atoms with Gasteiger partial charge in [0, 0.05) is 38.0 Å². The molecule has 0 aliphatic rings. The second-order valence-electron chi connectivity index (χ2n) is 6.83. The smallest absolute Gasteiger partial charge is 0.217 e. The zero-order chi connectivity index (χ0) is 18.8. The number of nitrogens with one attached hydrogen (secondary N) is 2. The average molecular weight is 354 g/mol. The molecule has 4 nitrogen and oxygen atoms in total. The van der Waals surface area contributed by atoms with Crippen LogP contribution in [0.2, 0.25) is 0 Å². The molecule has 0 aliphatic carbocycles. The summed E-state index contributed by atoms with van der Waals surface area (Å²) in [4.78, 5) is 22.8. The molecule has 0 bridgehead atoms. The first kappa shape index (κ1) is 20.0. The fraction of sp³-hybridized carbons (Fsp3) is 0.455. The largest absolute Gasteiger partial charge is 0.383 e. The fourth-order valence-corrected chi connectivity index (χ4v) is 3.12. The van der Waals surface area contributed by atoms with E-state index in [4.69, 9.17) is 0 Å². The molecule has 1 unspecified atom stereocenters. The van der Waals surface area contributed by atoms with Crippen LogP contribution >= 0.6 is 0 Å². The lowest BCUT2D eigenvalue weighted by Gasteiger charge is -2.19. The second-order valence-corrected chi connectivity index (χ2v) is 6.83. The van der Waals surface area contributed by atoms with E-state index in [1.807, 2.05) is 19.1 Å². The zero-order valence-electron chi connectivity index (χ0n) is 15.9. The minimum atomic E-state index is -0.00327. The Morgan fingerprint density at radius 3 is 2.50 bits per heavy atom. The summed E-state index contributed by atoms with van der Waals surface area (Å²) in [5, 5.41) is 8.89. The number of ketones is 1. The fourth-order valence-electron chi connectivity index (χ4n) is 3.12. The molecule has 26 heavy (non-hydrogen) atoms. The van der Waals surface area contributed by atoms with E-state index < -0.39 is 0 Å². The van der Waals surface area contributed by atoms with Crippen molar-refractivity contribution in [3.05, 3.63) is 42.5 Å². The number of anilines is 1. The highest BCUT2D eigenvalue weighted by Crippen LogP contribution is 2.19. The maximum absolute atomic E-state index is 11.5. The number of benzene rings is 2. The molecule has 2 rings (SSSR count). The van der Waals surface area contributed by atoms with Crippen LogP contribution in [0.3, 0.4) is 0 Å². The number of fused-ring (bicyclic) bond motifs is 1. The molecule has 0 spiro atoms. The topological polar surface area (TPSA) is 58.2 Å². The van der Waals surface area contributed by atoms with Crippen LogP contribution < -0.4 is 10.6 Å². The molecule has 2 aromatic rings. The Labute approximate surface area is 156 Å². The molecule has 0 fully saturated rings. The highest BCUT2D eigenvalue weighted by atomic mass is 16.1. The molecule has 0 saturated heterocycles. The number of rotatable bonds is 11. The van der Waals surface area contributed by atoms with Gasteiger partial charge in [0.1, 0.15) is 5.78 Å². The Bertz CT molecular complexity index is 727. The van der Waals surface area contributed by atoms with Crippen molar-refractivity contribution in [2.45, 2.75) is 58.4 Å². The third kappa shape index (κ3) is 6.87. The van der Waals surface area contributed by atoms with Gasteiger partial charge in [0.05, 0.1) is 0 Å². The summed E-state index contributed by atoms with van der Waals surface area (Å²) < 4.78 is 0. The summed E-state index contributed by atoms with van der Waals surface area (Å²) >= 11 is 0. The van der Waals surface area contributed by atoms with Crippen molar-refractivity contribution in [1.82, 2.24) is 5.32 Å². The molecular formula is C22H30N2O2. The summed E-state index contributed by atoms with van der Waals surface area (Å²) in [6, 6.07) is 14.7. The number of Topliss-reactive ketones (excluding diaryl/α,β-unsaturated/α-hetero) is 1. The Morgan fingerprint density at radius 1 is 1.00 bits per heavy atom. The van der Waals surface area contributed by atoms with Crippen LogP contribution in [0.15, 0.2) is 42.5 Å². The van der Waals surface area contributed by atoms with Crippen molar-refractivity contribution >= 4 is 28.2 Å². The minimum absolute atomic E-state index is 0.00327. The Morgan fingerprint density at radius 2 is 1.77 bits per heavy atom. The van der Waals surface area contributed by atoms with Gasteiger partial charge in [-0.2, -0.15) is 0 Å². The zero-order valence-corrected chi connectivity index (χ0v) is 15.9. The van der Waals surface area contributed by atoms with Crippen LogP contribution in [-0.2, 0) is 9.59 Å². The molecule has 0 aromatic heterocycles. The number of amides is 1.